The summed E-state index contributed by atoms with van der Waals surface area (Å²) < 4.78 is 4.66. The molecule has 0 aliphatic carbocycles. The maximum Gasteiger partial charge on any atom is 0.305 e. The smallest absolute Gasteiger partial charge is 0.305 e. The molecular weight excluding hydrogens is 306 g/mol. The van der Waals surface area contributed by atoms with Gasteiger partial charge in [-0.05, 0) is 24.6 Å². The van der Waals surface area contributed by atoms with Gasteiger partial charge in [0.05, 0.1) is 20.3 Å². The van der Waals surface area contributed by atoms with Gasteiger partial charge in [0.15, 0.2) is 0 Å². The van der Waals surface area contributed by atoms with E-state index in [9.17, 15) is 4.79 Å². The molecule has 0 bridgehead atoms. The molecule has 1 aliphatic rings. The number of carbonyl (C=O) groups excluding carboxylic acids is 1. The van der Waals surface area contributed by atoms with Crippen molar-refractivity contribution in [3.8, 4) is 0 Å². The average Bonchev–Trinajstić information content (AvgIpc) is 2.69. The van der Waals surface area contributed by atoms with Crippen LogP contribution in [0.4, 0.5) is 5.69 Å². The maximum absolute atomic E-state index is 11.3. The Morgan fingerprint density at radius 3 is 3.09 bits per heavy atom. The summed E-state index contributed by atoms with van der Waals surface area (Å²) in [5.41, 5.74) is 1.69. The van der Waals surface area contributed by atoms with Gasteiger partial charge in [-0.3, -0.25) is 14.8 Å². The number of benzene rings is 1. The van der Waals surface area contributed by atoms with Crippen LogP contribution in [0.25, 0.3) is 0 Å². The molecule has 22 heavy (non-hydrogen) atoms. The van der Waals surface area contributed by atoms with Crippen molar-refractivity contribution < 1.29 is 14.6 Å². The van der Waals surface area contributed by atoms with E-state index in [1.807, 2.05) is 6.07 Å². The van der Waals surface area contributed by atoms with E-state index in [4.69, 9.17) is 16.7 Å². The summed E-state index contributed by atoms with van der Waals surface area (Å²) in [6.45, 7) is 0.224. The number of aliphatic hydroxyl groups is 1. The van der Waals surface area contributed by atoms with E-state index in [0.29, 0.717) is 17.3 Å². The monoisotopic (exact) mass is 323 g/mol. The van der Waals surface area contributed by atoms with E-state index < -0.39 is 0 Å². The van der Waals surface area contributed by atoms with Gasteiger partial charge in [-0.1, -0.05) is 11.6 Å². The molecule has 0 amide bonds. The molecule has 6 nitrogen and oxygen atoms in total. The highest BCUT2D eigenvalue weighted by atomic mass is 35.5. The Balaban J connectivity index is 2.24. The number of hydrogen-bond donors (Lipinski definition) is 2. The summed E-state index contributed by atoms with van der Waals surface area (Å²) in [5.74, 6) is 0.330. The van der Waals surface area contributed by atoms with Crippen molar-refractivity contribution in [3.05, 3.63) is 28.8 Å². The highest BCUT2D eigenvalue weighted by Crippen LogP contribution is 2.23. The minimum Gasteiger partial charge on any atom is -0.469 e. The largest absolute Gasteiger partial charge is 0.469 e. The van der Waals surface area contributed by atoms with Crippen LogP contribution in [-0.4, -0.2) is 49.4 Å². The van der Waals surface area contributed by atoms with Crippen LogP contribution in [0.5, 0.6) is 0 Å². The van der Waals surface area contributed by atoms with Gasteiger partial charge in [0.1, 0.15) is 11.9 Å². The summed E-state index contributed by atoms with van der Waals surface area (Å²) in [5, 5.41) is 12.8. The summed E-state index contributed by atoms with van der Waals surface area (Å²) in [4.78, 5) is 20.1. The number of nitrogens with zero attached hydrogens (tertiary/aromatic N) is 2. The number of esters is 1. The molecule has 118 valence electrons. The molecule has 2 rings (SSSR count). The van der Waals surface area contributed by atoms with E-state index in [-0.39, 0.29) is 31.6 Å². The molecule has 1 aliphatic heterocycles. The molecule has 0 fully saturated rings. The van der Waals surface area contributed by atoms with E-state index in [0.717, 1.165) is 11.3 Å². The van der Waals surface area contributed by atoms with Crippen LogP contribution in [0.2, 0.25) is 5.02 Å². The molecule has 1 aromatic carbocycles. The highest BCUT2D eigenvalue weighted by Gasteiger charge is 2.20. The van der Waals surface area contributed by atoms with Gasteiger partial charge in [0, 0.05) is 28.9 Å². The van der Waals surface area contributed by atoms with Crippen LogP contribution in [0.15, 0.2) is 28.2 Å². The lowest BCUT2D eigenvalue weighted by atomic mass is 10.1. The normalized spacial score (nSPS) is 18.5. The van der Waals surface area contributed by atoms with Crippen molar-refractivity contribution in [2.75, 3.05) is 25.6 Å². The number of ether oxygens (including phenoxy) is 1. The average molecular weight is 324 g/mol. The molecule has 0 saturated heterocycles. The minimum absolute atomic E-state index is 0.0495. The van der Waals surface area contributed by atoms with Gasteiger partial charge in [-0.15, -0.1) is 0 Å². The molecule has 0 spiro atoms. The van der Waals surface area contributed by atoms with Gasteiger partial charge >= 0.3 is 5.97 Å². The Labute approximate surface area is 133 Å². The third-order valence-electron chi connectivity index (χ3n) is 3.22. The second-order valence-corrected chi connectivity index (χ2v) is 5.19. The van der Waals surface area contributed by atoms with Gasteiger partial charge in [-0.25, -0.2) is 0 Å². The quantitative estimate of drug-likeness (QED) is 0.811. The van der Waals surface area contributed by atoms with Crippen molar-refractivity contribution in [2.24, 2.45) is 9.98 Å². The zero-order valence-corrected chi connectivity index (χ0v) is 13.0. The first-order valence-corrected chi connectivity index (χ1v) is 7.33. The van der Waals surface area contributed by atoms with E-state index >= 15 is 0 Å². The Kier molecular flexibility index (Phi) is 5.91. The van der Waals surface area contributed by atoms with E-state index in [1.165, 1.54) is 7.11 Å². The second-order valence-electron chi connectivity index (χ2n) is 4.76. The number of nitrogens with one attached hydrogen (secondary N) is 1. The van der Waals surface area contributed by atoms with Crippen LogP contribution in [0.3, 0.4) is 0 Å². The summed E-state index contributed by atoms with van der Waals surface area (Å²) in [6.07, 6.45) is 2.44. The number of hydrogen-bond acceptors (Lipinski definition) is 5. The summed E-state index contributed by atoms with van der Waals surface area (Å²) in [7, 11) is 1.36. The van der Waals surface area contributed by atoms with Gasteiger partial charge in [0.25, 0.3) is 0 Å². The first kappa shape index (κ1) is 16.5. The first-order valence-electron chi connectivity index (χ1n) is 6.96. The molecular formula is C15H18ClN3O3. The lowest BCUT2D eigenvalue weighted by molar-refractivity contribution is -0.140. The fraction of sp³-hybridized carbons (Fsp3) is 0.400. The Morgan fingerprint density at radius 1 is 1.55 bits per heavy atom. The fourth-order valence-electron chi connectivity index (χ4n) is 2.10. The molecule has 7 heteroatoms. The standard InChI is InChI=1S/C15H18ClN3O3/c1-22-14(21)5-4-13-15(17-6-7-20)19-12-3-2-11(16)8-10(12)9-18-13/h2-3,8-9,13,20H,4-7H2,1H3,(H,17,19)/t13-/m0/s1. The molecule has 1 heterocycles. The van der Waals surface area contributed by atoms with Crippen LogP contribution < -0.4 is 5.32 Å². The number of halogens is 1. The fourth-order valence-corrected chi connectivity index (χ4v) is 2.28. The molecule has 0 aromatic heterocycles. The molecule has 1 aromatic rings. The summed E-state index contributed by atoms with van der Waals surface area (Å²) >= 11 is 5.99. The number of fused-ring (bicyclic) bond motifs is 1. The first-order chi connectivity index (χ1) is 10.6. The Morgan fingerprint density at radius 2 is 2.36 bits per heavy atom. The Hall–Kier alpha value is -1.92. The van der Waals surface area contributed by atoms with Crippen molar-refractivity contribution in [1.82, 2.24) is 0 Å². The van der Waals surface area contributed by atoms with Crippen LogP contribution in [0.1, 0.15) is 18.4 Å². The highest BCUT2D eigenvalue weighted by molar-refractivity contribution is 6.31. The molecule has 2 N–H and O–H groups in total. The lowest BCUT2D eigenvalue weighted by Crippen LogP contribution is -2.27. The predicted molar refractivity (Wildman–Crippen MR) is 87.1 cm³/mol. The van der Waals surface area contributed by atoms with Crippen molar-refractivity contribution >= 4 is 35.3 Å². The number of anilines is 1. The third-order valence-corrected chi connectivity index (χ3v) is 3.45. The van der Waals surface area contributed by atoms with Gasteiger partial charge in [-0.2, -0.15) is 0 Å². The maximum atomic E-state index is 11.3. The number of benzodiazepines with no additional fused rings is 1. The number of rotatable bonds is 5. The molecule has 0 radical (unpaired) electrons. The van der Waals surface area contributed by atoms with Crippen LogP contribution in [0, 0.1) is 0 Å². The topological polar surface area (TPSA) is 83.3 Å². The minimum atomic E-state index is -0.295. The number of aliphatic imine (C=N–C) groups is 2. The predicted octanol–water partition coefficient (Wildman–Crippen LogP) is 1.90. The van der Waals surface area contributed by atoms with Gasteiger partial charge in [0.2, 0.25) is 0 Å². The molecule has 0 unspecified atom stereocenters. The third kappa shape index (κ3) is 4.29. The number of methoxy groups -OCH3 is 1. The Bertz CT molecular complexity index is 602. The van der Waals surface area contributed by atoms with Crippen LogP contribution >= 0.6 is 11.6 Å². The summed E-state index contributed by atoms with van der Waals surface area (Å²) in [6, 6.07) is 5.14. The zero-order valence-electron chi connectivity index (χ0n) is 12.3. The lowest BCUT2D eigenvalue weighted by Gasteiger charge is -2.15. The van der Waals surface area contributed by atoms with Crippen LogP contribution in [-0.2, 0) is 9.53 Å². The van der Waals surface area contributed by atoms with Crippen molar-refractivity contribution in [3.63, 3.8) is 0 Å². The number of aliphatic hydroxyl groups excluding tert-OH is 1. The molecule has 0 saturated carbocycles. The number of carbonyl (C=O) groups is 1. The van der Waals surface area contributed by atoms with E-state index in [1.54, 1.807) is 18.3 Å². The van der Waals surface area contributed by atoms with Gasteiger partial charge < -0.3 is 15.2 Å². The SMILES string of the molecule is COC(=O)CC[C@@H]1N=Cc2cc(Cl)ccc2NC1=NCCO. The van der Waals surface area contributed by atoms with Crippen molar-refractivity contribution in [2.45, 2.75) is 18.9 Å². The number of amidine groups is 1. The van der Waals surface area contributed by atoms with Crippen molar-refractivity contribution in [1.29, 1.82) is 0 Å². The zero-order chi connectivity index (χ0) is 15.9. The molecule has 1 atom stereocenters. The van der Waals surface area contributed by atoms with E-state index in [2.05, 4.69) is 20.0 Å². The second kappa shape index (κ2) is 7.91.